The Hall–Kier alpha value is -2.82. The number of aryl methyl sites for hydroxylation is 3. The van der Waals surface area contributed by atoms with Crippen molar-refractivity contribution in [1.29, 1.82) is 0 Å². The van der Waals surface area contributed by atoms with Crippen molar-refractivity contribution >= 4 is 18.0 Å². The zero-order valence-electron chi connectivity index (χ0n) is 17.0. The lowest BCUT2D eigenvalue weighted by Crippen LogP contribution is -2.14. The van der Waals surface area contributed by atoms with Gasteiger partial charge in [0.2, 0.25) is 0 Å². The summed E-state index contributed by atoms with van der Waals surface area (Å²) in [6, 6.07) is 9.57. The second-order valence-corrected chi connectivity index (χ2v) is 6.66. The van der Waals surface area contributed by atoms with Gasteiger partial charge in [0, 0.05) is 19.2 Å². The maximum Gasteiger partial charge on any atom is 0.338 e. The molecule has 2 aromatic rings. The number of hydrogen-bond acceptors (Lipinski definition) is 4. The van der Waals surface area contributed by atoms with Crippen molar-refractivity contribution in [2.75, 3.05) is 20.7 Å². The van der Waals surface area contributed by atoms with E-state index in [1.807, 2.05) is 63.1 Å². The fourth-order valence-corrected chi connectivity index (χ4v) is 2.59. The highest BCUT2D eigenvalue weighted by molar-refractivity contribution is 5.92. The summed E-state index contributed by atoms with van der Waals surface area (Å²) in [6.45, 7) is 8.94. The molecule has 27 heavy (non-hydrogen) atoms. The van der Waals surface area contributed by atoms with E-state index in [0.29, 0.717) is 5.56 Å². The molecule has 0 N–H and O–H groups in total. The minimum Gasteiger partial charge on any atom is -0.496 e. The van der Waals surface area contributed by atoms with Gasteiger partial charge in [-0.1, -0.05) is 12.1 Å². The second kappa shape index (κ2) is 9.21. The van der Waals surface area contributed by atoms with Crippen LogP contribution in [0.4, 0.5) is 5.69 Å². The van der Waals surface area contributed by atoms with Gasteiger partial charge in [-0.05, 0) is 62.6 Å². The Morgan fingerprint density at radius 2 is 1.89 bits per heavy atom. The Bertz CT molecular complexity index is 844. The van der Waals surface area contributed by atoms with Gasteiger partial charge in [0.1, 0.15) is 12.4 Å². The first-order valence-corrected chi connectivity index (χ1v) is 9.02. The van der Waals surface area contributed by atoms with Crippen LogP contribution in [0, 0.1) is 20.8 Å². The van der Waals surface area contributed by atoms with E-state index in [9.17, 15) is 4.79 Å². The fraction of sp³-hybridized carbons (Fsp3) is 0.364. The maximum absolute atomic E-state index is 12.6. The molecule has 0 unspecified atom stereocenters. The van der Waals surface area contributed by atoms with E-state index in [1.54, 1.807) is 13.4 Å². The Kier molecular flexibility index (Phi) is 6.99. The normalized spacial score (nSPS) is 10.9. The minimum absolute atomic E-state index is 0.169. The second-order valence-electron chi connectivity index (χ2n) is 6.66. The van der Waals surface area contributed by atoms with Crippen LogP contribution in [0.5, 0.6) is 5.75 Å². The van der Waals surface area contributed by atoms with Crippen molar-refractivity contribution in [2.45, 2.75) is 34.3 Å². The van der Waals surface area contributed by atoms with Crippen molar-refractivity contribution in [2.24, 2.45) is 4.99 Å². The van der Waals surface area contributed by atoms with Crippen LogP contribution < -0.4 is 4.74 Å². The van der Waals surface area contributed by atoms with Crippen LogP contribution in [0.2, 0.25) is 0 Å². The molecule has 2 rings (SSSR count). The molecule has 0 fully saturated rings. The third-order valence-electron chi connectivity index (χ3n) is 4.46. The number of benzene rings is 2. The van der Waals surface area contributed by atoms with Crippen molar-refractivity contribution in [3.63, 3.8) is 0 Å². The molecule has 0 spiro atoms. The molecule has 2 aromatic carbocycles. The molecule has 5 heteroatoms. The fourth-order valence-electron chi connectivity index (χ4n) is 2.59. The predicted molar refractivity (Wildman–Crippen MR) is 109 cm³/mol. The van der Waals surface area contributed by atoms with Crippen molar-refractivity contribution < 1.29 is 14.3 Å². The number of aliphatic imine (C=N–C) groups is 1. The first-order chi connectivity index (χ1) is 12.8. The molecule has 0 saturated heterocycles. The van der Waals surface area contributed by atoms with E-state index < -0.39 is 0 Å². The van der Waals surface area contributed by atoms with Crippen LogP contribution in [0.15, 0.2) is 35.3 Å². The number of hydrogen-bond donors (Lipinski definition) is 0. The lowest BCUT2D eigenvalue weighted by atomic mass is 10.0. The zero-order valence-corrected chi connectivity index (χ0v) is 17.0. The molecule has 0 aliphatic carbocycles. The van der Waals surface area contributed by atoms with Crippen molar-refractivity contribution in [1.82, 2.24) is 4.90 Å². The molecule has 0 aromatic heterocycles. The molecule has 0 amide bonds. The smallest absolute Gasteiger partial charge is 0.338 e. The van der Waals surface area contributed by atoms with E-state index in [2.05, 4.69) is 11.9 Å². The maximum atomic E-state index is 12.6. The lowest BCUT2D eigenvalue weighted by molar-refractivity contribution is 0.0469. The van der Waals surface area contributed by atoms with Gasteiger partial charge < -0.3 is 14.4 Å². The lowest BCUT2D eigenvalue weighted by Gasteiger charge is -2.13. The first-order valence-electron chi connectivity index (χ1n) is 9.02. The van der Waals surface area contributed by atoms with Crippen LogP contribution in [-0.4, -0.2) is 37.9 Å². The summed E-state index contributed by atoms with van der Waals surface area (Å²) in [6.07, 6.45) is 1.80. The topological polar surface area (TPSA) is 51.1 Å². The molecule has 144 valence electrons. The Morgan fingerprint density at radius 3 is 2.56 bits per heavy atom. The SMILES string of the molecule is CCN(C)C=Nc1cc(C)c(C(=O)OCc2ccc(C)cc2OC)cc1C. The van der Waals surface area contributed by atoms with Crippen LogP contribution >= 0.6 is 0 Å². The number of carbonyl (C=O) groups is 1. The average Bonchev–Trinajstić information content (AvgIpc) is 2.66. The summed E-state index contributed by atoms with van der Waals surface area (Å²) in [5, 5.41) is 0. The standard InChI is InChI=1S/C22H28N2O3/c1-7-24(5)14-23-20-12-16(3)19(11-17(20)4)22(25)27-13-18-9-8-15(2)10-21(18)26-6/h8-12,14H,7,13H2,1-6H3. The summed E-state index contributed by atoms with van der Waals surface area (Å²) >= 11 is 0. The summed E-state index contributed by atoms with van der Waals surface area (Å²) < 4.78 is 10.9. The minimum atomic E-state index is -0.348. The molecule has 0 atom stereocenters. The third-order valence-corrected chi connectivity index (χ3v) is 4.46. The van der Waals surface area contributed by atoms with E-state index in [1.165, 1.54) is 0 Å². The summed E-state index contributed by atoms with van der Waals surface area (Å²) in [7, 11) is 3.58. The number of rotatable bonds is 7. The zero-order chi connectivity index (χ0) is 20.0. The molecular formula is C22H28N2O3. The highest BCUT2D eigenvalue weighted by atomic mass is 16.5. The Labute approximate surface area is 161 Å². The van der Waals surface area contributed by atoms with Gasteiger partial charge in [-0.2, -0.15) is 0 Å². The van der Waals surface area contributed by atoms with E-state index in [-0.39, 0.29) is 12.6 Å². The number of nitrogens with zero attached hydrogens (tertiary/aromatic N) is 2. The Morgan fingerprint density at radius 1 is 1.15 bits per heavy atom. The van der Waals surface area contributed by atoms with E-state index in [0.717, 1.165) is 40.2 Å². The van der Waals surface area contributed by atoms with Crippen LogP contribution in [0.3, 0.4) is 0 Å². The van der Waals surface area contributed by atoms with Crippen LogP contribution in [0.1, 0.15) is 39.5 Å². The molecule has 0 radical (unpaired) electrons. The number of ether oxygens (including phenoxy) is 2. The van der Waals surface area contributed by atoms with Gasteiger partial charge in [0.15, 0.2) is 0 Å². The molecule has 0 heterocycles. The van der Waals surface area contributed by atoms with Gasteiger partial charge in [0.25, 0.3) is 0 Å². The number of methoxy groups -OCH3 is 1. The molecular weight excluding hydrogens is 340 g/mol. The first kappa shape index (κ1) is 20.5. The molecule has 0 aliphatic heterocycles. The van der Waals surface area contributed by atoms with Crippen LogP contribution in [-0.2, 0) is 11.3 Å². The van der Waals surface area contributed by atoms with E-state index >= 15 is 0 Å². The van der Waals surface area contributed by atoms with Gasteiger partial charge in [-0.25, -0.2) is 9.79 Å². The number of carbonyl (C=O) groups excluding carboxylic acids is 1. The van der Waals surface area contributed by atoms with Gasteiger partial charge in [0.05, 0.1) is 24.7 Å². The predicted octanol–water partition coefficient (Wildman–Crippen LogP) is 4.59. The molecule has 0 bridgehead atoms. The van der Waals surface area contributed by atoms with E-state index in [4.69, 9.17) is 9.47 Å². The molecule has 0 saturated carbocycles. The summed E-state index contributed by atoms with van der Waals surface area (Å²) in [4.78, 5) is 19.1. The third kappa shape index (κ3) is 5.33. The van der Waals surface area contributed by atoms with Gasteiger partial charge in [-0.3, -0.25) is 0 Å². The average molecular weight is 368 g/mol. The van der Waals surface area contributed by atoms with Gasteiger partial charge in [-0.15, -0.1) is 0 Å². The highest BCUT2D eigenvalue weighted by Gasteiger charge is 2.14. The monoisotopic (exact) mass is 368 g/mol. The largest absolute Gasteiger partial charge is 0.496 e. The van der Waals surface area contributed by atoms with Crippen molar-refractivity contribution in [3.8, 4) is 5.75 Å². The highest BCUT2D eigenvalue weighted by Crippen LogP contribution is 2.25. The van der Waals surface area contributed by atoms with Crippen LogP contribution in [0.25, 0.3) is 0 Å². The number of esters is 1. The summed E-state index contributed by atoms with van der Waals surface area (Å²) in [5.41, 5.74) is 5.12. The van der Waals surface area contributed by atoms with Gasteiger partial charge >= 0.3 is 5.97 Å². The molecule has 0 aliphatic rings. The quantitative estimate of drug-likeness (QED) is 0.407. The Balaban J connectivity index is 2.15. The van der Waals surface area contributed by atoms with Crippen molar-refractivity contribution in [3.05, 3.63) is 58.1 Å². The summed E-state index contributed by atoms with van der Waals surface area (Å²) in [5.74, 6) is 0.375. The molecule has 5 nitrogen and oxygen atoms in total.